The number of hydrogen-bond donors (Lipinski definition) is 2. The van der Waals surface area contributed by atoms with Gasteiger partial charge in [-0.15, -0.1) is 0 Å². The third-order valence-electron chi connectivity index (χ3n) is 5.16. The molecule has 4 heterocycles. The van der Waals surface area contributed by atoms with Gasteiger partial charge in [0.2, 0.25) is 0 Å². The zero-order valence-electron chi connectivity index (χ0n) is 14.9. The number of rotatable bonds is 3. The van der Waals surface area contributed by atoms with E-state index >= 15 is 0 Å². The van der Waals surface area contributed by atoms with E-state index in [9.17, 15) is 15.0 Å². The topological polar surface area (TPSA) is 120 Å². The third kappa shape index (κ3) is 2.78. The summed E-state index contributed by atoms with van der Waals surface area (Å²) < 4.78 is 2.98. The minimum absolute atomic E-state index is 0.340. The molecule has 27 heavy (non-hydrogen) atoms. The van der Waals surface area contributed by atoms with E-state index in [0.29, 0.717) is 34.7 Å². The Balaban J connectivity index is 1.87. The highest BCUT2D eigenvalue weighted by molar-refractivity contribution is 6.03. The van der Waals surface area contributed by atoms with Gasteiger partial charge in [0, 0.05) is 31.1 Å². The number of carbonyl (C=O) groups is 1. The molecule has 0 amide bonds. The molecule has 9 nitrogen and oxygen atoms in total. The molecule has 0 aliphatic carbocycles. The minimum atomic E-state index is -1.10. The van der Waals surface area contributed by atoms with E-state index in [1.165, 1.54) is 6.20 Å². The first-order valence-corrected chi connectivity index (χ1v) is 8.93. The second-order valence-corrected chi connectivity index (χ2v) is 6.91. The quantitative estimate of drug-likeness (QED) is 0.727. The molecule has 0 spiro atoms. The second-order valence-electron chi connectivity index (χ2n) is 6.91. The maximum atomic E-state index is 11.4. The van der Waals surface area contributed by atoms with Gasteiger partial charge < -0.3 is 15.2 Å². The highest BCUT2D eigenvalue weighted by Gasteiger charge is 2.26. The first-order chi connectivity index (χ1) is 13.0. The SMILES string of the molecule is C[C@@H](O)c1nc2cnc3c(ccn3C(=O)O)c2n1N1CCC(CC#N)CC1. The third-order valence-corrected chi connectivity index (χ3v) is 5.16. The molecule has 0 unspecified atom stereocenters. The fourth-order valence-electron chi connectivity index (χ4n) is 3.82. The molecule has 1 aliphatic heterocycles. The lowest BCUT2D eigenvalue weighted by atomic mass is 9.95. The van der Waals surface area contributed by atoms with Gasteiger partial charge in [0.05, 0.1) is 12.3 Å². The molecule has 0 bridgehead atoms. The Morgan fingerprint density at radius 3 is 2.81 bits per heavy atom. The van der Waals surface area contributed by atoms with Crippen LogP contribution in [-0.4, -0.2) is 48.6 Å². The summed E-state index contributed by atoms with van der Waals surface area (Å²) in [4.78, 5) is 20.2. The highest BCUT2D eigenvalue weighted by Crippen LogP contribution is 2.30. The summed E-state index contributed by atoms with van der Waals surface area (Å²) in [6.45, 7) is 3.13. The van der Waals surface area contributed by atoms with Gasteiger partial charge in [0.15, 0.2) is 11.5 Å². The maximum Gasteiger partial charge on any atom is 0.417 e. The smallest absolute Gasteiger partial charge is 0.417 e. The number of nitrogens with zero attached hydrogens (tertiary/aromatic N) is 6. The van der Waals surface area contributed by atoms with Crippen molar-refractivity contribution in [1.29, 1.82) is 5.26 Å². The Labute approximate surface area is 155 Å². The van der Waals surface area contributed by atoms with Crippen LogP contribution >= 0.6 is 0 Å². The molecule has 3 aromatic heterocycles. The van der Waals surface area contributed by atoms with Gasteiger partial charge >= 0.3 is 6.09 Å². The summed E-state index contributed by atoms with van der Waals surface area (Å²) >= 11 is 0. The minimum Gasteiger partial charge on any atom is -0.464 e. The molecule has 1 aliphatic rings. The van der Waals surface area contributed by atoms with E-state index in [1.54, 1.807) is 19.2 Å². The summed E-state index contributed by atoms with van der Waals surface area (Å²) in [5.74, 6) is 0.881. The van der Waals surface area contributed by atoms with E-state index in [2.05, 4.69) is 21.0 Å². The van der Waals surface area contributed by atoms with Crippen LogP contribution in [0.2, 0.25) is 0 Å². The summed E-state index contributed by atoms with van der Waals surface area (Å²) in [5, 5.41) is 31.3. The molecule has 2 N–H and O–H groups in total. The standard InChI is InChI=1S/C18H20N6O3/c1-11(25)16-21-14-10-20-17-13(5-9-23(17)18(26)27)15(14)24(16)22-7-3-12(2-6-19)4-8-22/h5,9-12,25H,2-4,7-8H2,1H3,(H,26,27)/t11-/m1/s1. The van der Waals surface area contributed by atoms with Crippen molar-refractivity contribution in [2.75, 3.05) is 18.1 Å². The van der Waals surface area contributed by atoms with Gasteiger partial charge in [0.25, 0.3) is 0 Å². The number of aliphatic hydroxyl groups is 1. The Morgan fingerprint density at radius 2 is 2.19 bits per heavy atom. The molecular formula is C18H20N6O3. The molecule has 1 saturated heterocycles. The monoisotopic (exact) mass is 368 g/mol. The summed E-state index contributed by atoms with van der Waals surface area (Å²) in [6, 6.07) is 3.95. The Morgan fingerprint density at radius 1 is 1.44 bits per heavy atom. The van der Waals surface area contributed by atoms with Crippen molar-refractivity contribution in [2.45, 2.75) is 32.3 Å². The van der Waals surface area contributed by atoms with E-state index in [1.807, 2.05) is 4.68 Å². The van der Waals surface area contributed by atoms with Crippen LogP contribution in [0.15, 0.2) is 18.5 Å². The predicted octanol–water partition coefficient (Wildman–Crippen LogP) is 2.23. The van der Waals surface area contributed by atoms with Crippen molar-refractivity contribution < 1.29 is 15.0 Å². The van der Waals surface area contributed by atoms with E-state index < -0.39 is 12.2 Å². The zero-order chi connectivity index (χ0) is 19.1. The molecule has 3 aromatic rings. The van der Waals surface area contributed by atoms with Crippen LogP contribution in [0.25, 0.3) is 22.1 Å². The van der Waals surface area contributed by atoms with Gasteiger partial charge in [-0.25, -0.2) is 24.0 Å². The first kappa shape index (κ1) is 17.3. The van der Waals surface area contributed by atoms with E-state index in [-0.39, 0.29) is 0 Å². The van der Waals surface area contributed by atoms with Crippen molar-refractivity contribution in [1.82, 2.24) is 19.2 Å². The predicted molar refractivity (Wildman–Crippen MR) is 98.0 cm³/mol. The van der Waals surface area contributed by atoms with Crippen molar-refractivity contribution in [3.05, 3.63) is 24.3 Å². The average Bonchev–Trinajstić information content (AvgIpc) is 3.24. The largest absolute Gasteiger partial charge is 0.464 e. The van der Waals surface area contributed by atoms with Gasteiger partial charge in [-0.2, -0.15) is 5.26 Å². The Kier molecular flexibility index (Phi) is 4.20. The molecule has 0 saturated carbocycles. The molecule has 4 rings (SSSR count). The fourth-order valence-corrected chi connectivity index (χ4v) is 3.82. The number of fused-ring (bicyclic) bond motifs is 3. The van der Waals surface area contributed by atoms with Crippen molar-refractivity contribution in [3.8, 4) is 6.07 Å². The number of piperidine rings is 1. The van der Waals surface area contributed by atoms with Gasteiger partial charge in [0.1, 0.15) is 17.1 Å². The Bertz CT molecular complexity index is 1050. The number of carboxylic acid groups (broad SMARTS) is 1. The van der Waals surface area contributed by atoms with Crippen LogP contribution in [0, 0.1) is 17.2 Å². The summed E-state index contributed by atoms with van der Waals surface area (Å²) in [5.41, 5.74) is 1.70. The molecular weight excluding hydrogens is 348 g/mol. The molecule has 0 radical (unpaired) electrons. The molecule has 0 aromatic carbocycles. The average molecular weight is 368 g/mol. The Hall–Kier alpha value is -3.12. The zero-order valence-corrected chi connectivity index (χ0v) is 14.9. The molecule has 9 heteroatoms. The van der Waals surface area contributed by atoms with Crippen LogP contribution in [0.1, 0.15) is 38.1 Å². The van der Waals surface area contributed by atoms with Crippen molar-refractivity contribution >= 4 is 28.2 Å². The van der Waals surface area contributed by atoms with Crippen LogP contribution in [0.4, 0.5) is 4.79 Å². The van der Waals surface area contributed by atoms with Crippen LogP contribution in [-0.2, 0) is 0 Å². The number of aliphatic hydroxyl groups excluding tert-OH is 1. The lowest BCUT2D eigenvalue weighted by Gasteiger charge is -2.35. The van der Waals surface area contributed by atoms with E-state index in [4.69, 9.17) is 5.26 Å². The first-order valence-electron chi connectivity index (χ1n) is 8.93. The van der Waals surface area contributed by atoms with Gasteiger partial charge in [-0.05, 0) is 31.7 Å². The lowest BCUT2D eigenvalue weighted by Crippen LogP contribution is -2.42. The number of pyridine rings is 1. The van der Waals surface area contributed by atoms with Crippen molar-refractivity contribution in [3.63, 3.8) is 0 Å². The molecule has 1 atom stereocenters. The van der Waals surface area contributed by atoms with Crippen LogP contribution in [0.5, 0.6) is 0 Å². The maximum absolute atomic E-state index is 11.4. The highest BCUT2D eigenvalue weighted by atomic mass is 16.4. The molecule has 140 valence electrons. The van der Waals surface area contributed by atoms with Gasteiger partial charge in [-0.1, -0.05) is 0 Å². The lowest BCUT2D eigenvalue weighted by molar-refractivity contribution is 0.182. The van der Waals surface area contributed by atoms with Crippen LogP contribution < -0.4 is 5.01 Å². The van der Waals surface area contributed by atoms with Crippen LogP contribution in [0.3, 0.4) is 0 Å². The number of aromatic nitrogens is 4. The second kappa shape index (κ2) is 6.55. The normalized spacial score (nSPS) is 16.7. The number of hydrogen-bond acceptors (Lipinski definition) is 6. The summed E-state index contributed by atoms with van der Waals surface area (Å²) in [7, 11) is 0. The van der Waals surface area contributed by atoms with Gasteiger partial charge in [-0.3, -0.25) is 0 Å². The van der Waals surface area contributed by atoms with Crippen molar-refractivity contribution in [2.24, 2.45) is 5.92 Å². The molecule has 1 fully saturated rings. The summed E-state index contributed by atoms with van der Waals surface area (Å²) in [6.07, 6.45) is 3.45. The number of nitriles is 1. The number of imidazole rings is 1. The van der Waals surface area contributed by atoms with E-state index in [0.717, 1.165) is 36.0 Å². The fraction of sp³-hybridized carbons (Fsp3) is 0.444.